The normalized spacial score (nSPS) is 10.8. The molecule has 2 aromatic carbocycles. The van der Waals surface area contributed by atoms with Crippen LogP contribution in [0.5, 0.6) is 0 Å². The second kappa shape index (κ2) is 6.33. The number of imidazole rings is 1. The number of benzene rings is 2. The van der Waals surface area contributed by atoms with Gasteiger partial charge in [-0.05, 0) is 30.3 Å². The number of carbonyl (C=O) groups is 1. The Bertz CT molecular complexity index is 1160. The fourth-order valence-electron chi connectivity index (χ4n) is 2.81. The summed E-state index contributed by atoms with van der Waals surface area (Å²) in [5, 5.41) is 2.83. The molecule has 0 atom stereocenters. The average Bonchev–Trinajstić information content (AvgIpc) is 3.02. The van der Waals surface area contributed by atoms with Crippen LogP contribution in [0.15, 0.2) is 77.7 Å². The third-order valence-electron chi connectivity index (χ3n) is 4.17. The van der Waals surface area contributed by atoms with Crippen LogP contribution < -0.4 is 10.9 Å². The summed E-state index contributed by atoms with van der Waals surface area (Å²) in [6.45, 7) is 0. The van der Waals surface area contributed by atoms with Crippen molar-refractivity contribution in [3.8, 4) is 5.69 Å². The zero-order chi connectivity index (χ0) is 18.1. The van der Waals surface area contributed by atoms with Gasteiger partial charge in [-0.25, -0.2) is 4.98 Å². The van der Waals surface area contributed by atoms with Crippen LogP contribution >= 0.6 is 0 Å². The summed E-state index contributed by atoms with van der Waals surface area (Å²) in [6.07, 6.45) is 1.57. The van der Waals surface area contributed by atoms with E-state index in [1.165, 1.54) is 10.6 Å². The monoisotopic (exact) mass is 344 g/mol. The molecule has 0 spiro atoms. The van der Waals surface area contributed by atoms with Gasteiger partial charge in [-0.3, -0.25) is 19.5 Å². The molecule has 0 saturated heterocycles. The van der Waals surface area contributed by atoms with Crippen LogP contribution in [0.1, 0.15) is 10.4 Å². The predicted molar refractivity (Wildman–Crippen MR) is 101 cm³/mol. The van der Waals surface area contributed by atoms with Crippen molar-refractivity contribution in [2.45, 2.75) is 0 Å². The molecule has 2 aromatic heterocycles. The van der Waals surface area contributed by atoms with E-state index in [-0.39, 0.29) is 11.5 Å². The van der Waals surface area contributed by atoms with Crippen molar-refractivity contribution in [3.63, 3.8) is 0 Å². The van der Waals surface area contributed by atoms with Gasteiger partial charge >= 0.3 is 0 Å². The quantitative estimate of drug-likeness (QED) is 0.621. The van der Waals surface area contributed by atoms with Crippen molar-refractivity contribution < 1.29 is 4.79 Å². The Balaban J connectivity index is 1.80. The molecule has 0 aliphatic heterocycles. The number of para-hydroxylation sites is 3. The number of anilines is 1. The zero-order valence-electron chi connectivity index (χ0n) is 14.1. The molecule has 1 N–H and O–H groups in total. The van der Waals surface area contributed by atoms with E-state index in [9.17, 15) is 9.59 Å². The summed E-state index contributed by atoms with van der Waals surface area (Å²) in [7, 11) is 1.64. The Morgan fingerprint density at radius 1 is 1.00 bits per heavy atom. The summed E-state index contributed by atoms with van der Waals surface area (Å²) in [5.74, 6) is 0.0262. The average molecular weight is 344 g/mol. The molecule has 6 heteroatoms. The smallest absolute Gasteiger partial charge is 0.258 e. The van der Waals surface area contributed by atoms with Gasteiger partial charge in [0.15, 0.2) is 0 Å². The summed E-state index contributed by atoms with van der Waals surface area (Å²) >= 11 is 0. The molecule has 4 aromatic rings. The second-order valence-corrected chi connectivity index (χ2v) is 5.91. The third-order valence-corrected chi connectivity index (χ3v) is 4.17. The van der Waals surface area contributed by atoms with E-state index in [0.717, 1.165) is 16.7 Å². The van der Waals surface area contributed by atoms with Crippen molar-refractivity contribution in [2.75, 3.05) is 5.32 Å². The lowest BCUT2D eigenvalue weighted by atomic mass is 10.2. The van der Waals surface area contributed by atoms with Crippen LogP contribution in [0.2, 0.25) is 0 Å². The molecular weight excluding hydrogens is 328 g/mol. The number of carbonyl (C=O) groups excluding carboxylic acids is 1. The fourth-order valence-corrected chi connectivity index (χ4v) is 2.81. The van der Waals surface area contributed by atoms with Crippen LogP contribution in [0.3, 0.4) is 0 Å². The number of aromatic nitrogens is 3. The van der Waals surface area contributed by atoms with E-state index in [1.807, 2.05) is 59.2 Å². The molecule has 2 heterocycles. The summed E-state index contributed by atoms with van der Waals surface area (Å²) in [6, 6.07) is 20.3. The van der Waals surface area contributed by atoms with Crippen molar-refractivity contribution in [2.24, 2.45) is 7.05 Å². The molecule has 4 rings (SSSR count). The number of nitrogens with zero attached hydrogens (tertiary/aromatic N) is 3. The first-order valence-corrected chi connectivity index (χ1v) is 8.14. The Hall–Kier alpha value is -3.67. The number of pyridine rings is 1. The number of hydrogen-bond donors (Lipinski definition) is 1. The highest BCUT2D eigenvalue weighted by molar-refractivity contribution is 6.04. The maximum atomic E-state index is 12.6. The van der Waals surface area contributed by atoms with Gasteiger partial charge in [0.05, 0.1) is 11.0 Å². The minimum atomic E-state index is -0.379. The standard InChI is InChI=1S/C20H16N4O2/c1-23-12-11-14(13-18(23)25)19(26)22-20-21-16-9-5-6-10-17(16)24(20)15-7-3-2-4-8-15/h2-13H,1H3,(H,21,22,26). The van der Waals surface area contributed by atoms with E-state index >= 15 is 0 Å². The third kappa shape index (κ3) is 2.77. The summed E-state index contributed by atoms with van der Waals surface area (Å²) in [5.41, 5.74) is 2.60. The molecule has 0 radical (unpaired) electrons. The zero-order valence-corrected chi connectivity index (χ0v) is 14.1. The van der Waals surface area contributed by atoms with Gasteiger partial charge in [-0.2, -0.15) is 0 Å². The maximum absolute atomic E-state index is 12.6. The minimum absolute atomic E-state index is 0.241. The molecule has 0 saturated carbocycles. The highest BCUT2D eigenvalue weighted by atomic mass is 16.2. The Morgan fingerprint density at radius 3 is 2.50 bits per heavy atom. The van der Waals surface area contributed by atoms with Crippen molar-refractivity contribution in [1.29, 1.82) is 0 Å². The molecule has 0 aliphatic rings. The first kappa shape index (κ1) is 15.8. The maximum Gasteiger partial charge on any atom is 0.258 e. The van der Waals surface area contributed by atoms with E-state index in [2.05, 4.69) is 10.3 Å². The summed E-state index contributed by atoms with van der Waals surface area (Å²) < 4.78 is 3.30. The van der Waals surface area contributed by atoms with Crippen LogP contribution in [-0.4, -0.2) is 20.0 Å². The van der Waals surface area contributed by atoms with Crippen LogP contribution in [0.4, 0.5) is 5.95 Å². The number of amides is 1. The first-order valence-electron chi connectivity index (χ1n) is 8.14. The number of aryl methyl sites for hydroxylation is 1. The fraction of sp³-hybridized carbons (Fsp3) is 0.0500. The SMILES string of the molecule is Cn1ccc(C(=O)Nc2nc3ccccc3n2-c2ccccc2)cc1=O. The van der Waals surface area contributed by atoms with Gasteiger partial charge in [-0.15, -0.1) is 0 Å². The molecule has 1 amide bonds. The van der Waals surface area contributed by atoms with Gasteiger partial charge in [0, 0.05) is 30.6 Å². The highest BCUT2D eigenvalue weighted by Crippen LogP contribution is 2.24. The number of nitrogens with one attached hydrogen (secondary N) is 1. The lowest BCUT2D eigenvalue weighted by Gasteiger charge is -2.10. The second-order valence-electron chi connectivity index (χ2n) is 5.91. The topological polar surface area (TPSA) is 68.9 Å². The van der Waals surface area contributed by atoms with Gasteiger partial charge in [-0.1, -0.05) is 30.3 Å². The molecular formula is C20H16N4O2. The van der Waals surface area contributed by atoms with E-state index in [1.54, 1.807) is 19.3 Å². The minimum Gasteiger partial charge on any atom is -0.319 e. The van der Waals surface area contributed by atoms with Gasteiger partial charge in [0.25, 0.3) is 11.5 Å². The van der Waals surface area contributed by atoms with E-state index in [4.69, 9.17) is 0 Å². The summed E-state index contributed by atoms with van der Waals surface area (Å²) in [4.78, 5) is 29.0. The van der Waals surface area contributed by atoms with Gasteiger partial charge in [0.2, 0.25) is 5.95 Å². The first-order chi connectivity index (χ1) is 12.6. The Morgan fingerprint density at radius 2 is 1.73 bits per heavy atom. The predicted octanol–water partition coefficient (Wildman–Crippen LogP) is 2.98. The van der Waals surface area contributed by atoms with Crippen molar-refractivity contribution in [1.82, 2.24) is 14.1 Å². The van der Waals surface area contributed by atoms with Crippen LogP contribution in [0.25, 0.3) is 16.7 Å². The van der Waals surface area contributed by atoms with E-state index < -0.39 is 0 Å². The molecule has 0 unspecified atom stereocenters. The Kier molecular flexibility index (Phi) is 3.85. The van der Waals surface area contributed by atoms with Crippen LogP contribution in [0, 0.1) is 0 Å². The lowest BCUT2D eigenvalue weighted by molar-refractivity contribution is 0.102. The molecule has 128 valence electrons. The highest BCUT2D eigenvalue weighted by Gasteiger charge is 2.15. The van der Waals surface area contributed by atoms with Crippen LogP contribution in [-0.2, 0) is 7.05 Å². The molecule has 0 bridgehead atoms. The number of hydrogen-bond acceptors (Lipinski definition) is 3. The number of rotatable bonds is 3. The molecule has 6 nitrogen and oxygen atoms in total. The van der Waals surface area contributed by atoms with Crippen molar-refractivity contribution >= 4 is 22.9 Å². The van der Waals surface area contributed by atoms with E-state index in [0.29, 0.717) is 11.5 Å². The van der Waals surface area contributed by atoms with Crippen molar-refractivity contribution in [3.05, 3.63) is 88.8 Å². The molecule has 0 fully saturated rings. The largest absolute Gasteiger partial charge is 0.319 e. The van der Waals surface area contributed by atoms with Gasteiger partial charge < -0.3 is 4.57 Å². The van der Waals surface area contributed by atoms with Gasteiger partial charge in [0.1, 0.15) is 0 Å². The lowest BCUT2D eigenvalue weighted by Crippen LogP contribution is -2.21. The Labute approximate surface area is 149 Å². The molecule has 0 aliphatic carbocycles. The molecule has 26 heavy (non-hydrogen) atoms. The number of fused-ring (bicyclic) bond motifs is 1.